The van der Waals surface area contributed by atoms with Gasteiger partial charge in [-0.15, -0.1) is 0 Å². The fourth-order valence-corrected chi connectivity index (χ4v) is 4.67. The standard InChI is InChI=1S/C22H30N4O/c1-4-16-9-10-18(11-14(16)2)23-22(27)26-13-19-20(12-15(26)3)24-25-21(19)17-7-5-6-8-17/h9-11,15,17H,4-8,12-13H2,1-3H3,(H,23,27)(H,24,25). The van der Waals surface area contributed by atoms with Crippen molar-refractivity contribution in [3.63, 3.8) is 0 Å². The highest BCUT2D eigenvalue weighted by Crippen LogP contribution is 2.37. The lowest BCUT2D eigenvalue weighted by Gasteiger charge is -2.34. The lowest BCUT2D eigenvalue weighted by atomic mass is 9.93. The number of aryl methyl sites for hydroxylation is 2. The van der Waals surface area contributed by atoms with Gasteiger partial charge in [-0.3, -0.25) is 5.10 Å². The maximum absolute atomic E-state index is 13.0. The summed E-state index contributed by atoms with van der Waals surface area (Å²) < 4.78 is 0. The average molecular weight is 367 g/mol. The zero-order chi connectivity index (χ0) is 19.0. The molecule has 2 N–H and O–H groups in total. The Hall–Kier alpha value is -2.30. The van der Waals surface area contributed by atoms with E-state index in [0.29, 0.717) is 12.5 Å². The number of aromatic amines is 1. The predicted molar refractivity (Wildman–Crippen MR) is 108 cm³/mol. The van der Waals surface area contributed by atoms with E-state index in [1.807, 2.05) is 11.0 Å². The Morgan fingerprint density at radius 1 is 1.33 bits per heavy atom. The predicted octanol–water partition coefficient (Wildman–Crippen LogP) is 4.92. The quantitative estimate of drug-likeness (QED) is 0.810. The van der Waals surface area contributed by atoms with Gasteiger partial charge in [0.2, 0.25) is 0 Å². The molecule has 5 heteroatoms. The molecule has 1 unspecified atom stereocenters. The SMILES string of the molecule is CCc1ccc(NC(=O)N2Cc3c(C4CCCC4)n[nH]c3CC2C)cc1C. The van der Waals surface area contributed by atoms with E-state index in [-0.39, 0.29) is 12.1 Å². The van der Waals surface area contributed by atoms with Crippen LogP contribution in [0.5, 0.6) is 0 Å². The lowest BCUT2D eigenvalue weighted by Crippen LogP contribution is -2.45. The Morgan fingerprint density at radius 2 is 2.11 bits per heavy atom. The number of amides is 2. The monoisotopic (exact) mass is 366 g/mol. The number of aromatic nitrogens is 2. The fraction of sp³-hybridized carbons (Fsp3) is 0.545. The van der Waals surface area contributed by atoms with Crippen molar-refractivity contribution in [1.29, 1.82) is 0 Å². The smallest absolute Gasteiger partial charge is 0.317 e. The Labute approximate surface area is 161 Å². The first-order valence-corrected chi connectivity index (χ1v) is 10.3. The number of benzene rings is 1. The minimum atomic E-state index is -0.0182. The summed E-state index contributed by atoms with van der Waals surface area (Å²) in [6.07, 6.45) is 6.89. The molecule has 2 aromatic rings. The van der Waals surface area contributed by atoms with Crippen LogP contribution in [0.3, 0.4) is 0 Å². The molecule has 2 heterocycles. The molecular weight excluding hydrogens is 336 g/mol. The van der Waals surface area contributed by atoms with Gasteiger partial charge in [0.1, 0.15) is 0 Å². The summed E-state index contributed by atoms with van der Waals surface area (Å²) in [5.41, 5.74) is 7.10. The lowest BCUT2D eigenvalue weighted by molar-refractivity contribution is 0.181. The van der Waals surface area contributed by atoms with Crippen LogP contribution in [0.15, 0.2) is 18.2 Å². The number of nitrogens with zero attached hydrogens (tertiary/aromatic N) is 2. The molecule has 2 aliphatic rings. The molecule has 5 nitrogen and oxygen atoms in total. The Kier molecular flexibility index (Phi) is 4.94. The second-order valence-electron chi connectivity index (χ2n) is 8.15. The summed E-state index contributed by atoms with van der Waals surface area (Å²) in [6, 6.07) is 6.32. The topological polar surface area (TPSA) is 61.0 Å². The molecule has 2 amide bonds. The van der Waals surface area contributed by atoms with E-state index in [1.54, 1.807) is 0 Å². The molecule has 0 saturated heterocycles. The molecule has 1 saturated carbocycles. The molecular formula is C22H30N4O. The van der Waals surface area contributed by atoms with Crippen molar-refractivity contribution in [3.8, 4) is 0 Å². The van der Waals surface area contributed by atoms with Crippen molar-refractivity contribution < 1.29 is 4.79 Å². The molecule has 0 spiro atoms. The average Bonchev–Trinajstić information content (AvgIpc) is 3.30. The Balaban J connectivity index is 1.51. The van der Waals surface area contributed by atoms with Crippen LogP contribution in [0.4, 0.5) is 10.5 Å². The second-order valence-corrected chi connectivity index (χ2v) is 8.15. The Bertz CT molecular complexity index is 835. The van der Waals surface area contributed by atoms with Gasteiger partial charge >= 0.3 is 6.03 Å². The Morgan fingerprint density at radius 3 is 2.81 bits per heavy atom. The highest BCUT2D eigenvalue weighted by Gasteiger charge is 2.33. The van der Waals surface area contributed by atoms with Crippen molar-refractivity contribution in [2.45, 2.75) is 77.8 Å². The maximum Gasteiger partial charge on any atom is 0.322 e. The van der Waals surface area contributed by atoms with Crippen LogP contribution in [0.25, 0.3) is 0 Å². The minimum Gasteiger partial charge on any atom is -0.317 e. The number of anilines is 1. The highest BCUT2D eigenvalue weighted by atomic mass is 16.2. The number of urea groups is 1. The number of hydrogen-bond donors (Lipinski definition) is 2. The van der Waals surface area contributed by atoms with E-state index >= 15 is 0 Å². The normalized spacial score (nSPS) is 20.0. The van der Waals surface area contributed by atoms with Crippen molar-refractivity contribution in [2.24, 2.45) is 0 Å². The van der Waals surface area contributed by atoms with Gasteiger partial charge in [0.15, 0.2) is 0 Å². The first kappa shape index (κ1) is 18.1. The number of hydrogen-bond acceptors (Lipinski definition) is 2. The van der Waals surface area contributed by atoms with Crippen molar-refractivity contribution in [3.05, 3.63) is 46.3 Å². The van der Waals surface area contributed by atoms with Gasteiger partial charge in [-0.1, -0.05) is 25.8 Å². The second kappa shape index (κ2) is 7.37. The van der Waals surface area contributed by atoms with Crippen LogP contribution in [-0.2, 0) is 19.4 Å². The van der Waals surface area contributed by atoms with E-state index in [9.17, 15) is 4.79 Å². The summed E-state index contributed by atoms with van der Waals surface area (Å²) >= 11 is 0. The summed E-state index contributed by atoms with van der Waals surface area (Å²) in [5, 5.41) is 11.0. The van der Waals surface area contributed by atoms with Gasteiger partial charge in [-0.25, -0.2) is 4.79 Å². The van der Waals surface area contributed by atoms with Crippen LogP contribution in [0.1, 0.15) is 73.5 Å². The maximum atomic E-state index is 13.0. The molecule has 1 aliphatic carbocycles. The van der Waals surface area contributed by atoms with Gasteiger partial charge in [0.05, 0.1) is 12.2 Å². The third-order valence-corrected chi connectivity index (χ3v) is 6.32. The molecule has 144 valence electrons. The van der Waals surface area contributed by atoms with Gasteiger partial charge in [-0.05, 0) is 56.4 Å². The molecule has 1 aromatic carbocycles. The van der Waals surface area contributed by atoms with Crippen LogP contribution in [0, 0.1) is 6.92 Å². The molecule has 1 fully saturated rings. The number of fused-ring (bicyclic) bond motifs is 1. The van der Waals surface area contributed by atoms with Crippen molar-refractivity contribution in [2.75, 3.05) is 5.32 Å². The number of carbonyl (C=O) groups excluding carboxylic acids is 1. The van der Waals surface area contributed by atoms with Crippen LogP contribution >= 0.6 is 0 Å². The van der Waals surface area contributed by atoms with E-state index in [1.165, 1.54) is 53.8 Å². The summed E-state index contributed by atoms with van der Waals surface area (Å²) in [7, 11) is 0. The fourth-order valence-electron chi connectivity index (χ4n) is 4.67. The third kappa shape index (κ3) is 3.47. The highest BCUT2D eigenvalue weighted by molar-refractivity contribution is 5.89. The summed E-state index contributed by atoms with van der Waals surface area (Å²) in [4.78, 5) is 14.9. The van der Waals surface area contributed by atoms with E-state index < -0.39 is 0 Å². The zero-order valence-electron chi connectivity index (χ0n) is 16.6. The van der Waals surface area contributed by atoms with E-state index in [2.05, 4.69) is 48.4 Å². The molecule has 4 rings (SSSR count). The van der Waals surface area contributed by atoms with Gasteiger partial charge in [-0.2, -0.15) is 5.10 Å². The summed E-state index contributed by atoms with van der Waals surface area (Å²) in [6.45, 7) is 7.02. The van der Waals surface area contributed by atoms with Gasteiger partial charge in [0, 0.05) is 35.3 Å². The van der Waals surface area contributed by atoms with Crippen molar-refractivity contribution >= 4 is 11.7 Å². The molecule has 1 atom stereocenters. The molecule has 27 heavy (non-hydrogen) atoms. The molecule has 0 bridgehead atoms. The van der Waals surface area contributed by atoms with Gasteiger partial charge in [0.25, 0.3) is 0 Å². The molecule has 1 aliphatic heterocycles. The third-order valence-electron chi connectivity index (χ3n) is 6.32. The first-order valence-electron chi connectivity index (χ1n) is 10.3. The van der Waals surface area contributed by atoms with Gasteiger partial charge < -0.3 is 10.2 Å². The number of nitrogens with one attached hydrogen (secondary N) is 2. The number of rotatable bonds is 3. The number of carbonyl (C=O) groups is 1. The van der Waals surface area contributed by atoms with E-state index in [0.717, 1.165) is 18.5 Å². The minimum absolute atomic E-state index is 0.0182. The largest absolute Gasteiger partial charge is 0.322 e. The summed E-state index contributed by atoms with van der Waals surface area (Å²) in [5.74, 6) is 0.563. The number of H-pyrrole nitrogens is 1. The zero-order valence-corrected chi connectivity index (χ0v) is 16.6. The van der Waals surface area contributed by atoms with Crippen LogP contribution in [-0.4, -0.2) is 27.2 Å². The molecule has 1 aromatic heterocycles. The van der Waals surface area contributed by atoms with Crippen LogP contribution < -0.4 is 5.32 Å². The van der Waals surface area contributed by atoms with Crippen molar-refractivity contribution in [1.82, 2.24) is 15.1 Å². The van der Waals surface area contributed by atoms with E-state index in [4.69, 9.17) is 0 Å². The molecule has 0 radical (unpaired) electrons. The van der Waals surface area contributed by atoms with Crippen LogP contribution in [0.2, 0.25) is 0 Å². The first-order chi connectivity index (χ1) is 13.1.